The van der Waals surface area contributed by atoms with Gasteiger partial charge in [-0.1, -0.05) is 29.8 Å². The second-order valence-corrected chi connectivity index (χ2v) is 6.87. The van der Waals surface area contributed by atoms with Crippen molar-refractivity contribution in [1.29, 1.82) is 0 Å². The van der Waals surface area contributed by atoms with E-state index in [-0.39, 0.29) is 18.1 Å². The number of fused-ring (bicyclic) bond motifs is 1. The van der Waals surface area contributed by atoms with Gasteiger partial charge in [0.15, 0.2) is 6.61 Å². The van der Waals surface area contributed by atoms with Crippen LogP contribution in [0.1, 0.15) is 25.0 Å². The lowest BCUT2D eigenvalue weighted by Crippen LogP contribution is -2.28. The maximum atomic E-state index is 12.1. The van der Waals surface area contributed by atoms with E-state index in [1.807, 2.05) is 51.1 Å². The first kappa shape index (κ1) is 17.4. The Balaban J connectivity index is 1.69. The van der Waals surface area contributed by atoms with E-state index in [1.54, 1.807) is 18.2 Å². The van der Waals surface area contributed by atoms with Crippen molar-refractivity contribution in [3.8, 4) is 11.5 Å². The third kappa shape index (κ3) is 3.97. The summed E-state index contributed by atoms with van der Waals surface area (Å²) in [5.41, 5.74) is 2.08. The van der Waals surface area contributed by atoms with Crippen molar-refractivity contribution < 1.29 is 14.3 Å². The fraction of sp³-hybridized carbons (Fsp3) is 0.250. The molecule has 0 unspecified atom stereocenters. The normalized spacial score (nSPS) is 14.4. The number of benzene rings is 2. The van der Waals surface area contributed by atoms with Crippen LogP contribution in [0, 0.1) is 6.92 Å². The first-order valence-corrected chi connectivity index (χ1v) is 8.42. The van der Waals surface area contributed by atoms with Crippen LogP contribution in [0.3, 0.4) is 0 Å². The van der Waals surface area contributed by atoms with E-state index >= 15 is 0 Å². The Labute approximate surface area is 152 Å². The molecule has 1 amide bonds. The number of hydrogen-bond donors (Lipinski definition) is 1. The lowest BCUT2D eigenvalue weighted by Gasteiger charge is -2.29. The van der Waals surface area contributed by atoms with Crippen LogP contribution in [0.25, 0.3) is 6.08 Å². The van der Waals surface area contributed by atoms with Crippen LogP contribution in [0.4, 0.5) is 5.69 Å². The topological polar surface area (TPSA) is 47.6 Å². The highest BCUT2D eigenvalue weighted by Crippen LogP contribution is 2.38. The largest absolute Gasteiger partial charge is 0.483 e. The van der Waals surface area contributed by atoms with Gasteiger partial charge in [0.1, 0.15) is 17.1 Å². The van der Waals surface area contributed by atoms with Crippen LogP contribution in [-0.2, 0) is 4.79 Å². The van der Waals surface area contributed by atoms with Gasteiger partial charge in [-0.3, -0.25) is 4.79 Å². The van der Waals surface area contributed by atoms with Gasteiger partial charge in [-0.15, -0.1) is 0 Å². The molecule has 0 aromatic heterocycles. The third-order valence-electron chi connectivity index (χ3n) is 3.92. The van der Waals surface area contributed by atoms with Gasteiger partial charge in [0, 0.05) is 11.1 Å². The fourth-order valence-corrected chi connectivity index (χ4v) is 2.78. The summed E-state index contributed by atoms with van der Waals surface area (Å²) in [6.45, 7) is 5.81. The molecule has 0 fully saturated rings. The highest BCUT2D eigenvalue weighted by atomic mass is 35.5. The predicted molar refractivity (Wildman–Crippen MR) is 100 cm³/mol. The highest BCUT2D eigenvalue weighted by molar-refractivity contribution is 6.33. The number of amides is 1. The molecule has 3 rings (SSSR count). The van der Waals surface area contributed by atoms with Crippen LogP contribution in [-0.4, -0.2) is 18.1 Å². The number of ether oxygens (including phenoxy) is 2. The van der Waals surface area contributed by atoms with Crippen molar-refractivity contribution in [3.63, 3.8) is 0 Å². The Morgan fingerprint density at radius 1 is 1.24 bits per heavy atom. The number of anilines is 1. The predicted octanol–water partition coefficient (Wildman–Crippen LogP) is 4.85. The zero-order chi connectivity index (χ0) is 18.0. The molecule has 5 heteroatoms. The summed E-state index contributed by atoms with van der Waals surface area (Å²) in [6.07, 6.45) is 4.06. The molecule has 0 radical (unpaired) electrons. The molecule has 1 aliphatic heterocycles. The van der Waals surface area contributed by atoms with Crippen molar-refractivity contribution in [1.82, 2.24) is 0 Å². The maximum absolute atomic E-state index is 12.1. The third-order valence-corrected chi connectivity index (χ3v) is 4.25. The van der Waals surface area contributed by atoms with Crippen molar-refractivity contribution in [3.05, 3.63) is 58.6 Å². The lowest BCUT2D eigenvalue weighted by molar-refractivity contribution is -0.118. The Hall–Kier alpha value is -2.46. The molecule has 0 aliphatic carbocycles. The number of hydrogen-bond acceptors (Lipinski definition) is 3. The van der Waals surface area contributed by atoms with E-state index in [9.17, 15) is 4.79 Å². The summed E-state index contributed by atoms with van der Waals surface area (Å²) in [5, 5.41) is 3.23. The van der Waals surface area contributed by atoms with Gasteiger partial charge in [0.05, 0.1) is 10.7 Å². The maximum Gasteiger partial charge on any atom is 0.262 e. The number of halogens is 1. The molecule has 0 atom stereocenters. The smallest absolute Gasteiger partial charge is 0.262 e. The highest BCUT2D eigenvalue weighted by Gasteiger charge is 2.24. The molecule has 25 heavy (non-hydrogen) atoms. The van der Waals surface area contributed by atoms with Gasteiger partial charge in [0.2, 0.25) is 0 Å². The summed E-state index contributed by atoms with van der Waals surface area (Å²) < 4.78 is 11.7. The minimum Gasteiger partial charge on any atom is -0.483 e. The van der Waals surface area contributed by atoms with Gasteiger partial charge in [0.25, 0.3) is 5.91 Å². The lowest BCUT2D eigenvalue weighted by atomic mass is 10.00. The molecule has 0 saturated heterocycles. The molecule has 0 spiro atoms. The van der Waals surface area contributed by atoms with E-state index in [0.29, 0.717) is 16.5 Å². The standard InChI is InChI=1S/C20H20ClNO3/c1-13-17(9-8-14-10-11-20(2,3)25-19(13)14)24-12-18(23)22-16-7-5-4-6-15(16)21/h4-11H,12H2,1-3H3,(H,22,23). The van der Waals surface area contributed by atoms with Gasteiger partial charge >= 0.3 is 0 Å². The van der Waals surface area contributed by atoms with Gasteiger partial charge in [-0.05, 0) is 51.1 Å². The molecule has 0 saturated carbocycles. The first-order valence-electron chi connectivity index (χ1n) is 8.05. The van der Waals surface area contributed by atoms with E-state index in [2.05, 4.69) is 5.32 Å². The number of carbonyl (C=O) groups is 1. The summed E-state index contributed by atoms with van der Waals surface area (Å²) in [7, 11) is 0. The molecule has 2 aromatic carbocycles. The second-order valence-electron chi connectivity index (χ2n) is 6.46. The van der Waals surface area contributed by atoms with Gasteiger partial charge in [-0.2, -0.15) is 0 Å². The minimum atomic E-state index is -0.363. The number of carbonyl (C=O) groups excluding carboxylic acids is 1. The number of para-hydroxylation sites is 1. The summed E-state index contributed by atoms with van der Waals surface area (Å²) in [5.74, 6) is 1.14. The first-order chi connectivity index (χ1) is 11.9. The Kier molecular flexibility index (Phi) is 4.73. The molecule has 1 aliphatic rings. The van der Waals surface area contributed by atoms with E-state index in [0.717, 1.165) is 16.9 Å². The molecule has 1 N–H and O–H groups in total. The molecule has 4 nitrogen and oxygen atoms in total. The van der Waals surface area contributed by atoms with E-state index < -0.39 is 0 Å². The molecule has 130 valence electrons. The van der Waals surface area contributed by atoms with Crippen LogP contribution >= 0.6 is 11.6 Å². The zero-order valence-electron chi connectivity index (χ0n) is 14.4. The summed E-state index contributed by atoms with van der Waals surface area (Å²) in [6, 6.07) is 10.9. The monoisotopic (exact) mass is 357 g/mol. The molecular weight excluding hydrogens is 338 g/mol. The minimum absolute atomic E-state index is 0.107. The Morgan fingerprint density at radius 2 is 2.00 bits per heavy atom. The van der Waals surface area contributed by atoms with Crippen LogP contribution in [0.5, 0.6) is 11.5 Å². The van der Waals surface area contributed by atoms with Crippen molar-refractivity contribution >= 4 is 29.3 Å². The molecule has 1 heterocycles. The van der Waals surface area contributed by atoms with Crippen LogP contribution < -0.4 is 14.8 Å². The Morgan fingerprint density at radius 3 is 2.76 bits per heavy atom. The molecular formula is C20H20ClNO3. The van der Waals surface area contributed by atoms with E-state index in [1.165, 1.54) is 0 Å². The quantitative estimate of drug-likeness (QED) is 0.850. The van der Waals surface area contributed by atoms with E-state index in [4.69, 9.17) is 21.1 Å². The average molecular weight is 358 g/mol. The van der Waals surface area contributed by atoms with Crippen LogP contribution in [0.2, 0.25) is 5.02 Å². The second kappa shape index (κ2) is 6.81. The molecule has 2 aromatic rings. The number of rotatable bonds is 4. The molecule has 0 bridgehead atoms. The number of nitrogens with one attached hydrogen (secondary N) is 1. The van der Waals surface area contributed by atoms with Gasteiger partial charge in [-0.25, -0.2) is 0 Å². The van der Waals surface area contributed by atoms with Gasteiger partial charge < -0.3 is 14.8 Å². The SMILES string of the molecule is Cc1c(OCC(=O)Nc2ccccc2Cl)ccc2c1OC(C)(C)C=C2. The van der Waals surface area contributed by atoms with Crippen LogP contribution in [0.15, 0.2) is 42.5 Å². The van der Waals surface area contributed by atoms with Crippen molar-refractivity contribution in [2.24, 2.45) is 0 Å². The summed E-state index contributed by atoms with van der Waals surface area (Å²) >= 11 is 6.04. The summed E-state index contributed by atoms with van der Waals surface area (Å²) in [4.78, 5) is 12.1. The average Bonchev–Trinajstić information content (AvgIpc) is 2.56. The fourth-order valence-electron chi connectivity index (χ4n) is 2.60. The van der Waals surface area contributed by atoms with Crippen molar-refractivity contribution in [2.45, 2.75) is 26.4 Å². The zero-order valence-corrected chi connectivity index (χ0v) is 15.2. The Bertz CT molecular complexity index is 843. The van der Waals surface area contributed by atoms with Crippen molar-refractivity contribution in [2.75, 3.05) is 11.9 Å².